The fourth-order valence-corrected chi connectivity index (χ4v) is 5.66. The van der Waals surface area contributed by atoms with Crippen LogP contribution >= 0.6 is 11.3 Å². The number of amides is 2. The first-order valence-electron chi connectivity index (χ1n) is 13.0. The van der Waals surface area contributed by atoms with Crippen molar-refractivity contribution in [1.29, 1.82) is 0 Å². The van der Waals surface area contributed by atoms with E-state index in [0.29, 0.717) is 41.2 Å². The number of aromatic nitrogens is 2. The summed E-state index contributed by atoms with van der Waals surface area (Å²) in [6.07, 6.45) is 2.56. The van der Waals surface area contributed by atoms with E-state index in [1.807, 2.05) is 6.07 Å². The second kappa shape index (κ2) is 11.9. The Labute approximate surface area is 238 Å². The average molecular weight is 577 g/mol. The molecule has 2 aromatic carbocycles. The molecule has 210 valence electrons. The fraction of sp³-hybridized carbons (Fsp3) is 0.233. The highest BCUT2D eigenvalue weighted by Crippen LogP contribution is 2.38. The van der Waals surface area contributed by atoms with Crippen LogP contribution < -0.4 is 9.80 Å². The topological polar surface area (TPSA) is 104 Å². The number of hydrogen-bond donors (Lipinski definition) is 1. The van der Waals surface area contributed by atoms with E-state index in [-0.39, 0.29) is 28.7 Å². The monoisotopic (exact) mass is 576 g/mol. The molecule has 8 nitrogen and oxygen atoms in total. The van der Waals surface area contributed by atoms with Crippen molar-refractivity contribution >= 4 is 40.1 Å². The normalized spacial score (nSPS) is 13.8. The van der Waals surface area contributed by atoms with Gasteiger partial charge in [0, 0.05) is 37.3 Å². The molecule has 2 amide bonds. The molecule has 5 rings (SSSR count). The number of carbonyl (C=O) groups is 3. The van der Waals surface area contributed by atoms with Gasteiger partial charge in [-0.1, -0.05) is 47.7 Å². The first kappa shape index (κ1) is 28.0. The van der Waals surface area contributed by atoms with Crippen molar-refractivity contribution in [1.82, 2.24) is 9.97 Å². The van der Waals surface area contributed by atoms with Gasteiger partial charge in [0.1, 0.15) is 17.3 Å². The van der Waals surface area contributed by atoms with Crippen molar-refractivity contribution < 1.29 is 28.3 Å². The van der Waals surface area contributed by atoms with Gasteiger partial charge in [0.2, 0.25) is 16.9 Å². The molecule has 0 radical (unpaired) electrons. The van der Waals surface area contributed by atoms with Crippen molar-refractivity contribution in [2.24, 2.45) is 5.92 Å². The minimum Gasteiger partial charge on any atom is -0.481 e. The molecule has 2 aromatic heterocycles. The van der Waals surface area contributed by atoms with Gasteiger partial charge in [-0.15, -0.1) is 0 Å². The highest BCUT2D eigenvalue weighted by atomic mass is 32.1. The van der Waals surface area contributed by atoms with Crippen molar-refractivity contribution in [2.75, 3.05) is 23.4 Å². The SMILES string of the molecule is CN(C(=O)[C@@H](CC(=O)O)Cc1ccccc1)c1nc(-c2cc(F)ccc2-c2ccc(N3CCCC3=O)nc2)c(F)s1. The Morgan fingerprint density at radius 3 is 2.54 bits per heavy atom. The molecule has 4 aromatic rings. The summed E-state index contributed by atoms with van der Waals surface area (Å²) in [6.45, 7) is 0.588. The van der Waals surface area contributed by atoms with Crippen LogP contribution in [0.1, 0.15) is 24.8 Å². The Kier molecular flexibility index (Phi) is 8.16. The van der Waals surface area contributed by atoms with Gasteiger partial charge in [0.25, 0.3) is 0 Å². The number of carboxylic acids is 1. The average Bonchev–Trinajstić information content (AvgIpc) is 3.57. The van der Waals surface area contributed by atoms with Crippen LogP contribution in [0.4, 0.5) is 19.7 Å². The molecule has 0 bridgehead atoms. The Bertz CT molecular complexity index is 1590. The summed E-state index contributed by atoms with van der Waals surface area (Å²) in [6, 6.07) is 16.4. The summed E-state index contributed by atoms with van der Waals surface area (Å²) in [5, 5.41) is 8.70. The third-order valence-electron chi connectivity index (χ3n) is 6.93. The van der Waals surface area contributed by atoms with Gasteiger partial charge in [-0.05, 0) is 48.2 Å². The lowest BCUT2D eigenvalue weighted by atomic mass is 9.95. The summed E-state index contributed by atoms with van der Waals surface area (Å²) in [5.74, 6) is -2.64. The molecule has 11 heteroatoms. The molecule has 0 unspecified atom stereocenters. The molecule has 41 heavy (non-hydrogen) atoms. The maximum atomic E-state index is 15.4. The number of pyridine rings is 1. The first-order valence-corrected chi connectivity index (χ1v) is 13.8. The largest absolute Gasteiger partial charge is 0.481 e. The molecule has 1 aliphatic heterocycles. The summed E-state index contributed by atoms with van der Waals surface area (Å²) < 4.78 is 29.8. The highest BCUT2D eigenvalue weighted by Gasteiger charge is 2.29. The summed E-state index contributed by atoms with van der Waals surface area (Å²) in [7, 11) is 1.42. The molecule has 1 fully saturated rings. The van der Waals surface area contributed by atoms with Crippen molar-refractivity contribution in [3.63, 3.8) is 0 Å². The van der Waals surface area contributed by atoms with Gasteiger partial charge in [-0.3, -0.25) is 24.2 Å². The van der Waals surface area contributed by atoms with E-state index >= 15 is 4.39 Å². The third-order valence-corrected chi connectivity index (χ3v) is 7.85. The lowest BCUT2D eigenvalue weighted by molar-refractivity contribution is -0.140. The lowest BCUT2D eigenvalue weighted by Crippen LogP contribution is -2.35. The van der Waals surface area contributed by atoms with Crippen LogP contribution in [0.5, 0.6) is 0 Å². The summed E-state index contributed by atoms with van der Waals surface area (Å²) in [4.78, 5) is 48.4. The summed E-state index contributed by atoms with van der Waals surface area (Å²) in [5.41, 5.74) is 1.86. The number of benzene rings is 2. The Morgan fingerprint density at radius 2 is 1.88 bits per heavy atom. The molecular weight excluding hydrogens is 550 g/mol. The predicted molar refractivity (Wildman–Crippen MR) is 152 cm³/mol. The summed E-state index contributed by atoms with van der Waals surface area (Å²) >= 11 is 0.615. The minimum absolute atomic E-state index is 0.00201. The van der Waals surface area contributed by atoms with E-state index in [1.165, 1.54) is 25.2 Å². The molecule has 1 atom stereocenters. The fourth-order valence-electron chi connectivity index (χ4n) is 4.88. The number of carbonyl (C=O) groups excluding carboxylic acids is 2. The van der Waals surface area contributed by atoms with E-state index in [4.69, 9.17) is 0 Å². The number of carboxylic acid groups (broad SMARTS) is 1. The second-order valence-electron chi connectivity index (χ2n) is 9.74. The molecule has 0 saturated carbocycles. The standard InChI is InChI=1S/C30H26F2N4O4S/c1-35(29(40)20(15-26(38)39)14-18-6-3-2-4-7-18)30-34-27(28(32)41-30)23-16-21(31)10-11-22(23)19-9-12-24(33-17-19)36-13-5-8-25(36)37/h2-4,6-7,9-12,16-17,20H,5,8,13-15H2,1H3,(H,38,39)/t20-/m1/s1. The molecule has 3 heterocycles. The Morgan fingerprint density at radius 1 is 1.10 bits per heavy atom. The van der Waals surface area contributed by atoms with Crippen molar-refractivity contribution in [3.8, 4) is 22.4 Å². The number of hydrogen-bond acceptors (Lipinski definition) is 6. The number of nitrogens with zero attached hydrogens (tertiary/aromatic N) is 4. The van der Waals surface area contributed by atoms with E-state index in [9.17, 15) is 23.9 Å². The van der Waals surface area contributed by atoms with Crippen LogP contribution in [0, 0.1) is 16.9 Å². The van der Waals surface area contributed by atoms with Crippen LogP contribution in [0.15, 0.2) is 66.9 Å². The molecule has 1 N–H and O–H groups in total. The van der Waals surface area contributed by atoms with Crippen LogP contribution in [0.3, 0.4) is 0 Å². The number of anilines is 2. The quantitative estimate of drug-likeness (QED) is 0.279. The molecule has 1 aliphatic rings. The van der Waals surface area contributed by atoms with Gasteiger partial charge in [0.15, 0.2) is 5.13 Å². The maximum absolute atomic E-state index is 15.4. The third kappa shape index (κ3) is 6.14. The lowest BCUT2D eigenvalue weighted by Gasteiger charge is -2.21. The molecule has 1 saturated heterocycles. The van der Waals surface area contributed by atoms with Gasteiger partial charge in [-0.25, -0.2) is 14.4 Å². The zero-order chi connectivity index (χ0) is 29.1. The number of thiazole rings is 1. The zero-order valence-corrected chi connectivity index (χ0v) is 22.9. The minimum atomic E-state index is -1.13. The predicted octanol–water partition coefficient (Wildman–Crippen LogP) is 5.57. The highest BCUT2D eigenvalue weighted by molar-refractivity contribution is 7.14. The van der Waals surface area contributed by atoms with E-state index < -0.39 is 35.2 Å². The van der Waals surface area contributed by atoms with E-state index in [1.54, 1.807) is 47.5 Å². The van der Waals surface area contributed by atoms with E-state index in [2.05, 4.69) is 9.97 Å². The maximum Gasteiger partial charge on any atom is 0.304 e. The van der Waals surface area contributed by atoms with Crippen LogP contribution in [0.2, 0.25) is 0 Å². The smallest absolute Gasteiger partial charge is 0.304 e. The Balaban J connectivity index is 1.44. The van der Waals surface area contributed by atoms with Crippen LogP contribution in [0.25, 0.3) is 22.4 Å². The molecular formula is C30H26F2N4O4S. The van der Waals surface area contributed by atoms with Crippen LogP contribution in [-0.4, -0.2) is 46.5 Å². The number of rotatable bonds is 9. The molecule has 0 aliphatic carbocycles. The molecule has 0 spiro atoms. The van der Waals surface area contributed by atoms with Gasteiger partial charge >= 0.3 is 5.97 Å². The second-order valence-corrected chi connectivity index (χ2v) is 10.7. The van der Waals surface area contributed by atoms with Gasteiger partial charge in [-0.2, -0.15) is 4.39 Å². The number of halogens is 2. The first-order chi connectivity index (χ1) is 19.7. The van der Waals surface area contributed by atoms with Gasteiger partial charge < -0.3 is 5.11 Å². The van der Waals surface area contributed by atoms with Crippen LogP contribution in [-0.2, 0) is 20.8 Å². The van der Waals surface area contributed by atoms with Crippen molar-refractivity contribution in [2.45, 2.75) is 25.7 Å². The van der Waals surface area contributed by atoms with E-state index in [0.717, 1.165) is 16.9 Å². The van der Waals surface area contributed by atoms with Crippen molar-refractivity contribution in [3.05, 3.63) is 83.4 Å². The number of aliphatic carboxylic acids is 1. The Hall–Kier alpha value is -4.51. The van der Waals surface area contributed by atoms with Gasteiger partial charge in [0.05, 0.1) is 12.3 Å². The zero-order valence-electron chi connectivity index (χ0n) is 22.1.